The van der Waals surface area contributed by atoms with Gasteiger partial charge in [-0.15, -0.1) is 0 Å². The Kier molecular flexibility index (Phi) is 38.4. The summed E-state index contributed by atoms with van der Waals surface area (Å²) in [5, 5.41) is 143. The fourth-order valence-corrected chi connectivity index (χ4v) is 10.9. The molecule has 0 spiro atoms. The lowest BCUT2D eigenvalue weighted by molar-refractivity contribution is -0.386. The van der Waals surface area contributed by atoms with Crippen molar-refractivity contribution in [1.29, 1.82) is 0 Å². The third-order valence-electron chi connectivity index (χ3n) is 16.4. The number of unbranched alkanes of at least 4 members (excludes halogenated alkanes) is 27. The number of amides is 1. The summed E-state index contributed by atoms with van der Waals surface area (Å²) in [5.41, 5.74) is 0. The lowest BCUT2D eigenvalue weighted by Crippen LogP contribution is -2.67. The second-order valence-corrected chi connectivity index (χ2v) is 23.2. The standard InChI is InChI=1S/C59H111NO21/c1-4-6-8-10-12-14-16-17-18-19-20-21-22-24-26-28-30-32-34-41(64)46(67)50(71)56(75)60-39(45(66)40(63)33-31-29-27-25-23-15-13-11-9-7-5-2)37-76-57-53(74)55(81-58-51(72)48(69)44(65)38(3)77-58)54(43(36-62)79-57)80-59-52(73)49(70)47(68)42(35-61)78-59/h38-45,47-55,57-59,61-66,68-74H,4-37H2,1-3H3,(H,60,75). The molecule has 20 atom stereocenters. The summed E-state index contributed by atoms with van der Waals surface area (Å²) in [7, 11) is 0. The van der Waals surface area contributed by atoms with Crippen LogP contribution in [0.15, 0.2) is 0 Å². The number of Topliss-reactive ketones (excluding diaryl/α,β-unsaturated/α-hetero) is 1. The molecule has 20 unspecified atom stereocenters. The molecule has 0 aromatic carbocycles. The second-order valence-electron chi connectivity index (χ2n) is 23.2. The highest BCUT2D eigenvalue weighted by Gasteiger charge is 2.54. The molecular weight excluding hydrogens is 1060 g/mol. The number of rotatable bonds is 46. The fraction of sp³-hybridized carbons (Fsp3) is 0.966. The average molecular weight is 1170 g/mol. The van der Waals surface area contributed by atoms with Gasteiger partial charge >= 0.3 is 0 Å². The Hall–Kier alpha value is -1.62. The molecule has 0 saturated carbocycles. The van der Waals surface area contributed by atoms with Crippen LogP contribution in [0, 0.1) is 0 Å². The van der Waals surface area contributed by atoms with Gasteiger partial charge in [0.2, 0.25) is 0 Å². The van der Waals surface area contributed by atoms with E-state index in [0.29, 0.717) is 12.8 Å². The smallest absolute Gasteiger partial charge is 0.257 e. The van der Waals surface area contributed by atoms with E-state index in [2.05, 4.69) is 19.2 Å². The van der Waals surface area contributed by atoms with Crippen LogP contribution in [0.3, 0.4) is 0 Å². The SMILES string of the molecule is CCCCCCCCCCCCCCCCCCCCC(O)C(=O)C(O)C(=O)NC(COC1OC(CO)C(OC2OC(CO)C(O)C(O)C2O)C(OC2OC(C)C(O)C(O)C2O)C1O)C(O)C(O)CCCCCCCCCCCCC. The normalized spacial score (nSPS) is 30.9. The first-order chi connectivity index (χ1) is 38.9. The first-order valence-electron chi connectivity index (χ1n) is 31.4. The topological polar surface area (TPSA) is 365 Å². The Morgan fingerprint density at radius 3 is 1.31 bits per heavy atom. The number of aliphatic hydroxyl groups excluding tert-OH is 13. The van der Waals surface area contributed by atoms with Crippen molar-refractivity contribution in [2.75, 3.05) is 19.8 Å². The van der Waals surface area contributed by atoms with E-state index in [0.717, 1.165) is 64.2 Å². The van der Waals surface area contributed by atoms with E-state index in [4.69, 9.17) is 28.4 Å². The molecule has 3 heterocycles. The molecule has 3 saturated heterocycles. The third-order valence-corrected chi connectivity index (χ3v) is 16.4. The van der Waals surface area contributed by atoms with E-state index in [9.17, 15) is 76.0 Å². The molecule has 3 aliphatic rings. The highest BCUT2D eigenvalue weighted by Crippen LogP contribution is 2.34. The van der Waals surface area contributed by atoms with Gasteiger partial charge in [0.1, 0.15) is 79.4 Å². The number of ether oxygens (including phenoxy) is 6. The number of ketones is 1. The first kappa shape index (κ1) is 73.6. The zero-order valence-electron chi connectivity index (χ0n) is 49.2. The molecule has 3 aliphatic heterocycles. The summed E-state index contributed by atoms with van der Waals surface area (Å²) in [6.07, 6.45) is -1.28. The molecule has 0 aromatic heterocycles. The van der Waals surface area contributed by atoms with Crippen LogP contribution in [0.2, 0.25) is 0 Å². The maximum absolute atomic E-state index is 13.6. The van der Waals surface area contributed by atoms with Gasteiger partial charge in [-0.05, 0) is 19.8 Å². The average Bonchev–Trinajstić information content (AvgIpc) is 3.48. The van der Waals surface area contributed by atoms with Crippen LogP contribution in [-0.4, -0.2) is 220 Å². The van der Waals surface area contributed by atoms with E-state index in [1.807, 2.05) is 0 Å². The number of hydrogen-bond donors (Lipinski definition) is 14. The Morgan fingerprint density at radius 1 is 0.457 bits per heavy atom. The molecular formula is C59H111NO21. The zero-order valence-corrected chi connectivity index (χ0v) is 49.2. The summed E-state index contributed by atoms with van der Waals surface area (Å²) in [6, 6.07) is -1.62. The number of carbonyl (C=O) groups is 2. The molecule has 22 nitrogen and oxygen atoms in total. The molecule has 22 heteroatoms. The number of aliphatic hydroxyl groups is 13. The predicted octanol–water partition coefficient (Wildman–Crippen LogP) is 3.11. The van der Waals surface area contributed by atoms with Gasteiger partial charge in [0, 0.05) is 0 Å². The summed E-state index contributed by atoms with van der Waals surface area (Å²) in [6.45, 7) is 3.19. The van der Waals surface area contributed by atoms with Crippen molar-refractivity contribution in [3.63, 3.8) is 0 Å². The molecule has 14 N–H and O–H groups in total. The number of nitrogens with one attached hydrogen (secondary N) is 1. The van der Waals surface area contributed by atoms with Crippen molar-refractivity contribution in [2.24, 2.45) is 0 Å². The van der Waals surface area contributed by atoms with Crippen molar-refractivity contribution in [2.45, 2.75) is 342 Å². The molecule has 0 aromatic rings. The van der Waals surface area contributed by atoms with Gasteiger partial charge in [-0.3, -0.25) is 9.59 Å². The largest absolute Gasteiger partial charge is 0.394 e. The Bertz CT molecular complexity index is 1610. The van der Waals surface area contributed by atoms with Crippen LogP contribution in [0.25, 0.3) is 0 Å². The molecule has 0 bridgehead atoms. The minimum absolute atomic E-state index is 0.00336. The van der Waals surface area contributed by atoms with Crippen molar-refractivity contribution >= 4 is 11.7 Å². The Labute approximate surface area is 482 Å². The Morgan fingerprint density at radius 2 is 0.852 bits per heavy atom. The van der Waals surface area contributed by atoms with Gasteiger partial charge in [-0.1, -0.05) is 200 Å². The van der Waals surface area contributed by atoms with Crippen molar-refractivity contribution in [3.05, 3.63) is 0 Å². The van der Waals surface area contributed by atoms with Crippen LogP contribution in [0.4, 0.5) is 0 Å². The van der Waals surface area contributed by atoms with E-state index in [1.165, 1.54) is 116 Å². The summed E-state index contributed by atoms with van der Waals surface area (Å²) in [5.74, 6) is -2.49. The van der Waals surface area contributed by atoms with E-state index in [-0.39, 0.29) is 12.8 Å². The maximum Gasteiger partial charge on any atom is 0.257 e. The van der Waals surface area contributed by atoms with E-state index in [1.54, 1.807) is 0 Å². The van der Waals surface area contributed by atoms with Gasteiger partial charge in [0.25, 0.3) is 5.91 Å². The van der Waals surface area contributed by atoms with Crippen molar-refractivity contribution in [1.82, 2.24) is 5.32 Å². The molecule has 3 rings (SSSR count). The highest BCUT2D eigenvalue weighted by molar-refractivity contribution is 6.05. The van der Waals surface area contributed by atoms with Crippen LogP contribution < -0.4 is 5.32 Å². The van der Waals surface area contributed by atoms with Gasteiger partial charge in [-0.2, -0.15) is 0 Å². The third kappa shape index (κ3) is 26.1. The predicted molar refractivity (Wildman–Crippen MR) is 299 cm³/mol. The summed E-state index contributed by atoms with van der Waals surface area (Å²) in [4.78, 5) is 26.9. The molecule has 478 valence electrons. The molecule has 0 radical (unpaired) electrons. The van der Waals surface area contributed by atoms with Crippen LogP contribution in [0.5, 0.6) is 0 Å². The van der Waals surface area contributed by atoms with Crippen LogP contribution in [0.1, 0.15) is 220 Å². The fourth-order valence-electron chi connectivity index (χ4n) is 10.9. The van der Waals surface area contributed by atoms with Gasteiger partial charge in [0.05, 0.1) is 38.1 Å². The minimum atomic E-state index is -2.39. The van der Waals surface area contributed by atoms with Gasteiger partial charge in [-0.25, -0.2) is 0 Å². The van der Waals surface area contributed by atoms with Crippen molar-refractivity contribution in [3.8, 4) is 0 Å². The van der Waals surface area contributed by atoms with Gasteiger partial charge < -0.3 is 100 Å². The zero-order chi connectivity index (χ0) is 59.7. The molecule has 0 aliphatic carbocycles. The summed E-state index contributed by atoms with van der Waals surface area (Å²) < 4.78 is 34.9. The highest BCUT2D eigenvalue weighted by atomic mass is 16.8. The number of hydrogen-bond acceptors (Lipinski definition) is 21. The van der Waals surface area contributed by atoms with Crippen LogP contribution >= 0.6 is 0 Å². The maximum atomic E-state index is 13.6. The molecule has 3 fully saturated rings. The lowest BCUT2D eigenvalue weighted by Gasteiger charge is -2.49. The Balaban J connectivity index is 1.66. The quantitative estimate of drug-likeness (QED) is 0.0307. The number of carbonyl (C=O) groups excluding carboxylic acids is 2. The van der Waals surface area contributed by atoms with Crippen LogP contribution in [-0.2, 0) is 38.0 Å². The second kappa shape index (κ2) is 42.3. The van der Waals surface area contributed by atoms with Crippen molar-refractivity contribution < 1.29 is 104 Å². The van der Waals surface area contributed by atoms with E-state index >= 15 is 0 Å². The monoisotopic (exact) mass is 1170 g/mol. The minimum Gasteiger partial charge on any atom is -0.394 e. The molecule has 81 heavy (non-hydrogen) atoms. The lowest BCUT2D eigenvalue weighted by atomic mass is 9.96. The first-order valence-corrected chi connectivity index (χ1v) is 31.4. The van der Waals surface area contributed by atoms with Gasteiger partial charge in [0.15, 0.2) is 30.8 Å². The molecule has 1 amide bonds. The summed E-state index contributed by atoms with van der Waals surface area (Å²) >= 11 is 0. The van der Waals surface area contributed by atoms with E-state index < -0.39 is 154 Å².